The zero-order valence-corrected chi connectivity index (χ0v) is 17.9. The third-order valence-electron chi connectivity index (χ3n) is 4.61. The fourth-order valence-electron chi connectivity index (χ4n) is 3.01. The summed E-state index contributed by atoms with van der Waals surface area (Å²) in [6.07, 6.45) is -3.53. The third-order valence-corrected chi connectivity index (χ3v) is 4.61. The number of nitrogens with zero attached hydrogens (tertiary/aromatic N) is 2. The number of halogens is 4. The fraction of sp³-hybridized carbons (Fsp3) is 0.0800. The maximum Gasteiger partial charge on any atom is 0.490 e. The van der Waals surface area contributed by atoms with Crippen LogP contribution < -0.4 is 5.32 Å². The van der Waals surface area contributed by atoms with Gasteiger partial charge in [-0.2, -0.15) is 18.4 Å². The van der Waals surface area contributed by atoms with Gasteiger partial charge in [-0.3, -0.25) is 0 Å². The zero-order chi connectivity index (χ0) is 25.4. The number of nitriles is 1. The fourth-order valence-corrected chi connectivity index (χ4v) is 3.01. The van der Waals surface area contributed by atoms with Gasteiger partial charge < -0.3 is 14.8 Å². The minimum Gasteiger partial charge on any atom is -0.475 e. The molecule has 35 heavy (non-hydrogen) atoms. The number of aliphatic carboxylic acids is 1. The summed E-state index contributed by atoms with van der Waals surface area (Å²) in [5, 5.41) is 20.1. The van der Waals surface area contributed by atoms with Gasteiger partial charge in [0.15, 0.2) is 5.76 Å². The normalized spacial score (nSPS) is 10.6. The van der Waals surface area contributed by atoms with E-state index in [4.69, 9.17) is 14.3 Å². The minimum atomic E-state index is -5.08. The maximum atomic E-state index is 14.5. The quantitative estimate of drug-likeness (QED) is 0.325. The largest absolute Gasteiger partial charge is 0.490 e. The van der Waals surface area contributed by atoms with Crippen LogP contribution in [-0.4, -0.2) is 22.2 Å². The monoisotopic (exact) mass is 483 g/mol. The molecule has 0 aliphatic heterocycles. The van der Waals surface area contributed by atoms with E-state index in [2.05, 4.69) is 16.4 Å². The molecule has 0 fully saturated rings. The number of benzene rings is 2. The number of nitrogens with one attached hydrogen (secondary N) is 1. The molecule has 0 unspecified atom stereocenters. The molecule has 6 nitrogen and oxygen atoms in total. The van der Waals surface area contributed by atoms with E-state index in [1.54, 1.807) is 42.7 Å². The second-order valence-electron chi connectivity index (χ2n) is 6.99. The summed E-state index contributed by atoms with van der Waals surface area (Å²) < 4.78 is 51.7. The van der Waals surface area contributed by atoms with Crippen LogP contribution in [0, 0.1) is 17.1 Å². The molecule has 0 aliphatic rings. The Morgan fingerprint density at radius 3 is 2.26 bits per heavy atom. The summed E-state index contributed by atoms with van der Waals surface area (Å²) in [7, 11) is 0. The highest BCUT2D eigenvalue weighted by atomic mass is 19.4. The number of hydrogen-bond donors (Lipinski definition) is 2. The molecule has 2 heterocycles. The highest BCUT2D eigenvalue weighted by molar-refractivity contribution is 5.80. The number of carboxylic acid groups (broad SMARTS) is 1. The highest BCUT2D eigenvalue weighted by Crippen LogP contribution is 2.34. The van der Waals surface area contributed by atoms with Gasteiger partial charge in [0.2, 0.25) is 0 Å². The predicted molar refractivity (Wildman–Crippen MR) is 120 cm³/mol. The molecule has 0 bridgehead atoms. The van der Waals surface area contributed by atoms with Crippen molar-refractivity contribution in [2.45, 2.75) is 12.7 Å². The molecule has 0 saturated heterocycles. The summed E-state index contributed by atoms with van der Waals surface area (Å²) >= 11 is 0. The maximum absolute atomic E-state index is 14.5. The molecule has 10 heteroatoms. The van der Waals surface area contributed by atoms with E-state index in [9.17, 15) is 22.8 Å². The van der Waals surface area contributed by atoms with E-state index in [0.717, 1.165) is 5.56 Å². The lowest BCUT2D eigenvalue weighted by molar-refractivity contribution is -0.192. The Morgan fingerprint density at radius 1 is 1.03 bits per heavy atom. The van der Waals surface area contributed by atoms with E-state index in [-0.39, 0.29) is 5.56 Å². The van der Waals surface area contributed by atoms with Crippen molar-refractivity contribution < 1.29 is 31.9 Å². The lowest BCUT2D eigenvalue weighted by Crippen LogP contribution is -2.21. The minimum absolute atomic E-state index is 0.288. The molecule has 2 aromatic heterocycles. The lowest BCUT2D eigenvalue weighted by atomic mass is 9.99. The Kier molecular flexibility index (Phi) is 7.84. The van der Waals surface area contributed by atoms with Gasteiger partial charge in [-0.1, -0.05) is 48.5 Å². The smallest absolute Gasteiger partial charge is 0.475 e. The van der Waals surface area contributed by atoms with Crippen molar-refractivity contribution in [2.75, 3.05) is 5.32 Å². The SMILES string of the molecule is N#Cc1c(-c2ccccc2F)cc(-c2ccco2)nc1NCc1ccccc1.O=C(O)C(F)(F)F. The molecular weight excluding hydrogens is 466 g/mol. The average molecular weight is 483 g/mol. The number of alkyl halides is 3. The highest BCUT2D eigenvalue weighted by Gasteiger charge is 2.38. The molecule has 2 aromatic carbocycles. The third kappa shape index (κ3) is 6.45. The van der Waals surface area contributed by atoms with Crippen molar-refractivity contribution in [3.8, 4) is 28.7 Å². The number of aromatic nitrogens is 1. The number of furan rings is 1. The Balaban J connectivity index is 0.000000429. The van der Waals surface area contributed by atoms with E-state index in [1.807, 2.05) is 30.3 Å². The molecule has 0 spiro atoms. The summed E-state index contributed by atoms with van der Waals surface area (Å²) in [6, 6.07) is 23.6. The van der Waals surface area contributed by atoms with Gasteiger partial charge in [-0.15, -0.1) is 0 Å². The molecule has 4 rings (SSSR count). The Bertz CT molecular complexity index is 1330. The van der Waals surface area contributed by atoms with Gasteiger partial charge in [0.25, 0.3) is 0 Å². The lowest BCUT2D eigenvalue weighted by Gasteiger charge is -2.14. The van der Waals surface area contributed by atoms with Crippen molar-refractivity contribution >= 4 is 11.8 Å². The number of hydrogen-bond acceptors (Lipinski definition) is 5. The van der Waals surface area contributed by atoms with Crippen molar-refractivity contribution in [2.24, 2.45) is 0 Å². The second kappa shape index (κ2) is 11.0. The van der Waals surface area contributed by atoms with E-state index >= 15 is 0 Å². The van der Waals surface area contributed by atoms with Crippen LogP contribution >= 0.6 is 0 Å². The van der Waals surface area contributed by atoms with E-state index in [0.29, 0.717) is 34.9 Å². The molecule has 0 amide bonds. The first kappa shape index (κ1) is 25.0. The average Bonchev–Trinajstić information content (AvgIpc) is 3.38. The molecule has 0 atom stereocenters. The van der Waals surface area contributed by atoms with Crippen LogP contribution in [0.15, 0.2) is 83.5 Å². The molecule has 4 aromatic rings. The standard InChI is InChI=1S/C23H16FN3O.C2HF3O2/c24-20-10-5-4-9-17(20)18-13-21(22-11-6-12-28-22)27-23(19(18)14-25)26-15-16-7-2-1-3-8-16;3-2(4,5)1(6)7/h1-13H,15H2,(H,26,27);(H,6,7). The predicted octanol–water partition coefficient (Wildman–Crippen LogP) is 6.26. The van der Waals surface area contributed by atoms with E-state index in [1.165, 1.54) is 6.07 Å². The second-order valence-corrected chi connectivity index (χ2v) is 6.99. The number of pyridine rings is 1. The van der Waals surface area contributed by atoms with Crippen LogP contribution in [0.25, 0.3) is 22.6 Å². The summed E-state index contributed by atoms with van der Waals surface area (Å²) in [5.74, 6) is -2.22. The Morgan fingerprint density at radius 2 is 1.69 bits per heavy atom. The van der Waals surface area contributed by atoms with Gasteiger partial charge in [-0.05, 0) is 29.8 Å². The first-order valence-corrected chi connectivity index (χ1v) is 10.0. The molecule has 0 radical (unpaired) electrons. The van der Waals surface area contributed by atoms with Gasteiger partial charge in [0.05, 0.1) is 6.26 Å². The molecule has 0 aliphatic carbocycles. The van der Waals surface area contributed by atoms with Gasteiger partial charge in [-0.25, -0.2) is 14.2 Å². The van der Waals surface area contributed by atoms with Crippen molar-refractivity contribution in [3.05, 3.63) is 96.0 Å². The van der Waals surface area contributed by atoms with Gasteiger partial charge in [0, 0.05) is 17.7 Å². The van der Waals surface area contributed by atoms with Crippen molar-refractivity contribution in [1.82, 2.24) is 4.98 Å². The number of carboxylic acids is 1. The number of anilines is 1. The zero-order valence-electron chi connectivity index (χ0n) is 17.9. The van der Waals surface area contributed by atoms with Gasteiger partial charge >= 0.3 is 12.1 Å². The van der Waals surface area contributed by atoms with Crippen LogP contribution in [-0.2, 0) is 11.3 Å². The van der Waals surface area contributed by atoms with E-state index < -0.39 is 18.0 Å². The Labute approximate surface area is 197 Å². The van der Waals surface area contributed by atoms with Crippen LogP contribution in [0.2, 0.25) is 0 Å². The molecule has 0 saturated carbocycles. The summed E-state index contributed by atoms with van der Waals surface area (Å²) in [4.78, 5) is 13.5. The van der Waals surface area contributed by atoms with Crippen molar-refractivity contribution in [1.29, 1.82) is 5.26 Å². The van der Waals surface area contributed by atoms with Crippen LogP contribution in [0.1, 0.15) is 11.1 Å². The van der Waals surface area contributed by atoms with Crippen LogP contribution in [0.5, 0.6) is 0 Å². The molecule has 178 valence electrons. The van der Waals surface area contributed by atoms with Crippen molar-refractivity contribution in [3.63, 3.8) is 0 Å². The molecular formula is C25H17F4N3O3. The summed E-state index contributed by atoms with van der Waals surface area (Å²) in [6.45, 7) is 0.487. The number of rotatable bonds is 5. The van der Waals surface area contributed by atoms with Crippen LogP contribution in [0.4, 0.5) is 23.4 Å². The van der Waals surface area contributed by atoms with Crippen LogP contribution in [0.3, 0.4) is 0 Å². The first-order chi connectivity index (χ1) is 16.7. The summed E-state index contributed by atoms with van der Waals surface area (Å²) in [5.41, 5.74) is 2.67. The first-order valence-electron chi connectivity index (χ1n) is 10.0. The molecule has 2 N–H and O–H groups in total. The number of carbonyl (C=O) groups is 1. The van der Waals surface area contributed by atoms with Gasteiger partial charge in [0.1, 0.15) is 29.0 Å². The Hall–Kier alpha value is -4.65. The topological polar surface area (TPSA) is 99.2 Å².